The molecule has 0 heterocycles. The van der Waals surface area contributed by atoms with Crippen LogP contribution in [0.25, 0.3) is 0 Å². The van der Waals surface area contributed by atoms with Gasteiger partial charge in [-0.05, 0) is 48.9 Å². The number of hydrogen-bond acceptors (Lipinski definition) is 5. The molecule has 0 aromatic heterocycles. The third-order valence-electron chi connectivity index (χ3n) is 3.73. The number of anilines is 1. The molecule has 0 spiro atoms. The zero-order valence-corrected chi connectivity index (χ0v) is 16.5. The molecule has 0 radical (unpaired) electrons. The summed E-state index contributed by atoms with van der Waals surface area (Å²) in [5.74, 6) is -0.238. The third-order valence-corrected chi connectivity index (χ3v) is 5.11. The maximum atomic E-state index is 12.6. The summed E-state index contributed by atoms with van der Waals surface area (Å²) in [6, 6.07) is 12.0. The maximum Gasteiger partial charge on any atom is 0.261 e. The monoisotopic (exact) mass is 405 g/mol. The van der Waals surface area contributed by atoms with Crippen molar-refractivity contribution in [1.82, 2.24) is 10.6 Å². The van der Waals surface area contributed by atoms with Crippen molar-refractivity contribution in [2.45, 2.75) is 18.2 Å². The summed E-state index contributed by atoms with van der Waals surface area (Å²) in [6.45, 7) is 2.27. The summed E-state index contributed by atoms with van der Waals surface area (Å²) in [5, 5.41) is 5.11. The molecule has 28 heavy (non-hydrogen) atoms. The van der Waals surface area contributed by atoms with Gasteiger partial charge in [0.25, 0.3) is 15.9 Å². The molecule has 0 fully saturated rings. The van der Waals surface area contributed by atoms with Gasteiger partial charge in [0.1, 0.15) is 5.75 Å². The molecule has 2 aromatic carbocycles. The van der Waals surface area contributed by atoms with Gasteiger partial charge in [-0.3, -0.25) is 14.3 Å². The molecule has 8 nitrogen and oxygen atoms in total. The minimum atomic E-state index is -3.88. The van der Waals surface area contributed by atoms with Gasteiger partial charge in [0.05, 0.1) is 18.6 Å². The lowest BCUT2D eigenvalue weighted by molar-refractivity contribution is -0.120. The Balaban J connectivity index is 2.07. The fraction of sp³-hybridized carbons (Fsp3) is 0.263. The fourth-order valence-corrected chi connectivity index (χ4v) is 3.37. The van der Waals surface area contributed by atoms with E-state index in [0.29, 0.717) is 18.0 Å². The van der Waals surface area contributed by atoms with Crippen LogP contribution in [0.5, 0.6) is 5.75 Å². The largest absolute Gasteiger partial charge is 0.497 e. The van der Waals surface area contributed by atoms with Crippen molar-refractivity contribution in [2.24, 2.45) is 0 Å². The molecule has 0 aliphatic heterocycles. The van der Waals surface area contributed by atoms with Crippen molar-refractivity contribution in [3.8, 4) is 5.75 Å². The molecule has 2 amide bonds. The first-order valence-corrected chi connectivity index (χ1v) is 10.2. The van der Waals surface area contributed by atoms with Gasteiger partial charge in [-0.15, -0.1) is 0 Å². The number of benzene rings is 2. The van der Waals surface area contributed by atoms with Crippen LogP contribution in [0, 0.1) is 0 Å². The smallest absolute Gasteiger partial charge is 0.261 e. The average Bonchev–Trinajstić information content (AvgIpc) is 2.70. The van der Waals surface area contributed by atoms with E-state index in [9.17, 15) is 18.0 Å². The van der Waals surface area contributed by atoms with Crippen LogP contribution in [0.15, 0.2) is 53.4 Å². The minimum absolute atomic E-state index is 0.0635. The van der Waals surface area contributed by atoms with E-state index in [-0.39, 0.29) is 22.9 Å². The Morgan fingerprint density at radius 2 is 1.75 bits per heavy atom. The topological polar surface area (TPSA) is 114 Å². The fourth-order valence-electron chi connectivity index (χ4n) is 2.27. The second-order valence-electron chi connectivity index (χ2n) is 5.89. The molecular formula is C19H23N3O5S. The first-order chi connectivity index (χ1) is 13.4. The molecular weight excluding hydrogens is 382 g/mol. The number of amides is 2. The molecule has 0 bridgehead atoms. The van der Waals surface area contributed by atoms with Crippen LogP contribution in [0.2, 0.25) is 0 Å². The number of rotatable bonds is 9. The molecule has 0 saturated heterocycles. The molecule has 2 rings (SSSR count). The van der Waals surface area contributed by atoms with Crippen molar-refractivity contribution in [1.29, 1.82) is 0 Å². The lowest BCUT2D eigenvalue weighted by Gasteiger charge is -2.10. The summed E-state index contributed by atoms with van der Waals surface area (Å²) >= 11 is 0. The van der Waals surface area contributed by atoms with E-state index in [1.54, 1.807) is 24.3 Å². The molecule has 150 valence electrons. The third kappa shape index (κ3) is 5.98. The highest BCUT2D eigenvalue weighted by Crippen LogP contribution is 2.20. The number of nitrogens with one attached hydrogen (secondary N) is 3. The number of methoxy groups -OCH3 is 1. The van der Waals surface area contributed by atoms with Crippen molar-refractivity contribution in [3.63, 3.8) is 0 Å². The van der Waals surface area contributed by atoms with E-state index in [1.807, 2.05) is 6.92 Å². The van der Waals surface area contributed by atoms with Crippen LogP contribution in [0.4, 0.5) is 5.69 Å². The Morgan fingerprint density at radius 1 is 1.04 bits per heavy atom. The molecule has 3 N–H and O–H groups in total. The Labute approximate surface area is 164 Å². The number of ether oxygens (including phenoxy) is 1. The summed E-state index contributed by atoms with van der Waals surface area (Å²) in [5.41, 5.74) is 0.504. The molecule has 0 atom stereocenters. The quantitative estimate of drug-likeness (QED) is 0.588. The van der Waals surface area contributed by atoms with E-state index in [2.05, 4.69) is 15.4 Å². The summed E-state index contributed by atoms with van der Waals surface area (Å²) in [6.07, 6.45) is 0.792. The van der Waals surface area contributed by atoms with E-state index in [4.69, 9.17) is 4.74 Å². The van der Waals surface area contributed by atoms with Crippen molar-refractivity contribution in [2.75, 3.05) is 24.9 Å². The maximum absolute atomic E-state index is 12.6. The van der Waals surface area contributed by atoms with Gasteiger partial charge in [0.2, 0.25) is 5.91 Å². The molecule has 0 saturated carbocycles. The van der Waals surface area contributed by atoms with E-state index in [1.165, 1.54) is 31.4 Å². The molecule has 0 aliphatic carbocycles. The van der Waals surface area contributed by atoms with Crippen LogP contribution in [-0.2, 0) is 14.8 Å². The Kier molecular flexibility index (Phi) is 7.39. The zero-order valence-electron chi connectivity index (χ0n) is 15.7. The van der Waals surface area contributed by atoms with Crippen LogP contribution in [0.3, 0.4) is 0 Å². The number of carbonyl (C=O) groups is 2. The van der Waals surface area contributed by atoms with E-state index in [0.717, 1.165) is 6.42 Å². The van der Waals surface area contributed by atoms with Gasteiger partial charge in [-0.25, -0.2) is 8.42 Å². The standard InChI is InChI=1S/C19H23N3O5S/c1-3-11-20-18(23)13-21-19(24)14-5-4-6-17(12-14)28(25,26)22-15-7-9-16(27-2)10-8-15/h4-10,12,22H,3,11,13H2,1-2H3,(H,20,23)(H,21,24). The number of carbonyl (C=O) groups excluding carboxylic acids is 2. The van der Waals surface area contributed by atoms with E-state index < -0.39 is 15.9 Å². The van der Waals surface area contributed by atoms with Gasteiger partial charge in [-0.2, -0.15) is 0 Å². The lowest BCUT2D eigenvalue weighted by Crippen LogP contribution is -2.37. The normalized spacial score (nSPS) is 10.8. The highest BCUT2D eigenvalue weighted by Gasteiger charge is 2.17. The Hall–Kier alpha value is -3.07. The van der Waals surface area contributed by atoms with Gasteiger partial charge >= 0.3 is 0 Å². The second-order valence-corrected chi connectivity index (χ2v) is 7.58. The Morgan fingerprint density at radius 3 is 2.39 bits per heavy atom. The minimum Gasteiger partial charge on any atom is -0.497 e. The SMILES string of the molecule is CCCNC(=O)CNC(=O)c1cccc(S(=O)(=O)Nc2ccc(OC)cc2)c1. The van der Waals surface area contributed by atoms with Crippen molar-refractivity contribution in [3.05, 3.63) is 54.1 Å². The van der Waals surface area contributed by atoms with Crippen molar-refractivity contribution >= 4 is 27.5 Å². The summed E-state index contributed by atoms with van der Waals surface area (Å²) in [7, 11) is -2.37. The Bertz CT molecular complexity index is 927. The second kappa shape index (κ2) is 9.75. The van der Waals surface area contributed by atoms with Crippen LogP contribution in [-0.4, -0.2) is 40.4 Å². The first kappa shape index (κ1) is 21.2. The van der Waals surface area contributed by atoms with Crippen LogP contribution < -0.4 is 20.1 Å². The van der Waals surface area contributed by atoms with Gasteiger partial charge < -0.3 is 15.4 Å². The molecule has 0 unspecified atom stereocenters. The van der Waals surface area contributed by atoms with Gasteiger partial charge in [0.15, 0.2) is 0 Å². The number of hydrogen-bond donors (Lipinski definition) is 3. The molecule has 9 heteroatoms. The van der Waals surface area contributed by atoms with Crippen molar-refractivity contribution < 1.29 is 22.7 Å². The predicted octanol–water partition coefficient (Wildman–Crippen LogP) is 1.75. The highest BCUT2D eigenvalue weighted by atomic mass is 32.2. The molecule has 0 aliphatic rings. The summed E-state index contributed by atoms with van der Waals surface area (Å²) < 4.78 is 32.6. The average molecular weight is 405 g/mol. The van der Waals surface area contributed by atoms with Crippen LogP contribution >= 0.6 is 0 Å². The lowest BCUT2D eigenvalue weighted by atomic mass is 10.2. The van der Waals surface area contributed by atoms with Gasteiger partial charge in [-0.1, -0.05) is 13.0 Å². The summed E-state index contributed by atoms with van der Waals surface area (Å²) in [4.78, 5) is 23.7. The first-order valence-electron chi connectivity index (χ1n) is 8.67. The predicted molar refractivity (Wildman–Crippen MR) is 106 cm³/mol. The van der Waals surface area contributed by atoms with E-state index >= 15 is 0 Å². The van der Waals surface area contributed by atoms with Gasteiger partial charge in [0, 0.05) is 17.8 Å². The highest BCUT2D eigenvalue weighted by molar-refractivity contribution is 7.92. The number of sulfonamides is 1. The molecule has 2 aromatic rings. The zero-order chi connectivity index (χ0) is 20.6. The van der Waals surface area contributed by atoms with Crippen LogP contribution in [0.1, 0.15) is 23.7 Å².